The Bertz CT molecular complexity index is 1180. The third kappa shape index (κ3) is 4.94. The zero-order chi connectivity index (χ0) is 24.1. The van der Waals surface area contributed by atoms with E-state index < -0.39 is 11.9 Å². The fourth-order valence-electron chi connectivity index (χ4n) is 3.04. The molecule has 2 aromatic carbocycles. The van der Waals surface area contributed by atoms with Gasteiger partial charge >= 0.3 is 5.97 Å². The number of aromatic carboxylic acids is 1. The lowest BCUT2D eigenvalue weighted by Crippen LogP contribution is -2.22. The van der Waals surface area contributed by atoms with Crippen molar-refractivity contribution in [2.24, 2.45) is 5.10 Å². The molecule has 0 bridgehead atoms. The molecule has 9 nitrogen and oxygen atoms in total. The van der Waals surface area contributed by atoms with Crippen LogP contribution in [0.5, 0.6) is 23.0 Å². The van der Waals surface area contributed by atoms with Crippen LogP contribution in [-0.2, 0) is 4.79 Å². The maximum absolute atomic E-state index is 12.9. The van der Waals surface area contributed by atoms with E-state index in [1.807, 2.05) is 0 Å². The minimum absolute atomic E-state index is 0.0488. The molecule has 1 saturated heterocycles. The van der Waals surface area contributed by atoms with Gasteiger partial charge in [-0.3, -0.25) is 4.79 Å². The van der Waals surface area contributed by atoms with E-state index in [1.54, 1.807) is 30.3 Å². The molecule has 0 spiro atoms. The summed E-state index contributed by atoms with van der Waals surface area (Å²) < 4.78 is 21.1. The molecule has 1 aliphatic heterocycles. The predicted octanol–water partition coefficient (Wildman–Crippen LogP) is 3.65. The fraction of sp³-hybridized carbons (Fsp3) is 0.182. The first kappa shape index (κ1) is 24.1. The SMILES string of the molecule is COc1ccc(/C=C2/SC(=S)N(/N=C/c3ccc(OC)c(OC)c3C(=O)O)C2=O)cc1OC. The van der Waals surface area contributed by atoms with E-state index >= 15 is 0 Å². The van der Waals surface area contributed by atoms with Gasteiger partial charge in [0.1, 0.15) is 5.56 Å². The normalized spacial score (nSPS) is 14.8. The number of carboxylic acids is 1. The van der Waals surface area contributed by atoms with Gasteiger partial charge in [0.05, 0.1) is 39.6 Å². The molecule has 1 fully saturated rings. The van der Waals surface area contributed by atoms with E-state index in [0.29, 0.717) is 22.0 Å². The highest BCUT2D eigenvalue weighted by Gasteiger charge is 2.32. The van der Waals surface area contributed by atoms with Crippen LogP contribution in [0.15, 0.2) is 40.3 Å². The second-order valence-corrected chi connectivity index (χ2v) is 8.10. The summed E-state index contributed by atoms with van der Waals surface area (Å²) in [6, 6.07) is 8.30. The number of carbonyl (C=O) groups excluding carboxylic acids is 1. The number of amides is 1. The van der Waals surface area contributed by atoms with Crippen LogP contribution in [0.3, 0.4) is 0 Å². The van der Waals surface area contributed by atoms with Crippen molar-refractivity contribution in [2.75, 3.05) is 28.4 Å². The number of hydrazone groups is 1. The molecule has 0 radical (unpaired) electrons. The molecule has 0 aliphatic carbocycles. The van der Waals surface area contributed by atoms with Gasteiger partial charge in [-0.1, -0.05) is 17.8 Å². The first-order valence-electron chi connectivity index (χ1n) is 9.36. The fourth-order valence-corrected chi connectivity index (χ4v) is 4.22. The van der Waals surface area contributed by atoms with Crippen LogP contribution in [0, 0.1) is 0 Å². The summed E-state index contributed by atoms with van der Waals surface area (Å²) in [5.74, 6) is -0.270. The smallest absolute Gasteiger partial charge is 0.340 e. The van der Waals surface area contributed by atoms with Gasteiger partial charge in [-0.05, 0) is 48.1 Å². The van der Waals surface area contributed by atoms with Crippen LogP contribution >= 0.6 is 24.0 Å². The van der Waals surface area contributed by atoms with Crippen LogP contribution in [0.4, 0.5) is 0 Å². The Morgan fingerprint density at radius 3 is 2.30 bits per heavy atom. The molecule has 3 rings (SSSR count). The molecule has 33 heavy (non-hydrogen) atoms. The first-order chi connectivity index (χ1) is 15.8. The lowest BCUT2D eigenvalue weighted by atomic mass is 10.1. The Labute approximate surface area is 199 Å². The Kier molecular flexibility index (Phi) is 7.56. The van der Waals surface area contributed by atoms with Crippen molar-refractivity contribution in [2.45, 2.75) is 0 Å². The lowest BCUT2D eigenvalue weighted by Gasteiger charge is -2.13. The van der Waals surface area contributed by atoms with Gasteiger partial charge in [0, 0.05) is 5.56 Å². The molecule has 2 aromatic rings. The molecular weight excluding hydrogens is 468 g/mol. The van der Waals surface area contributed by atoms with Gasteiger partial charge in [0.2, 0.25) is 0 Å². The number of hydrogen-bond acceptors (Lipinski definition) is 9. The largest absolute Gasteiger partial charge is 0.493 e. The van der Waals surface area contributed by atoms with E-state index in [9.17, 15) is 14.7 Å². The summed E-state index contributed by atoms with van der Waals surface area (Å²) in [5, 5.41) is 14.8. The molecular formula is C22H20N2O7S2. The third-order valence-corrected chi connectivity index (χ3v) is 5.87. The summed E-state index contributed by atoms with van der Waals surface area (Å²) in [4.78, 5) is 25.0. The number of benzene rings is 2. The Hall–Kier alpha value is -3.57. The molecule has 0 atom stereocenters. The summed E-state index contributed by atoms with van der Waals surface area (Å²) in [6.07, 6.45) is 2.91. The van der Waals surface area contributed by atoms with Crippen LogP contribution in [0.1, 0.15) is 21.5 Å². The maximum atomic E-state index is 12.9. The predicted molar refractivity (Wildman–Crippen MR) is 129 cm³/mol. The van der Waals surface area contributed by atoms with E-state index in [0.717, 1.165) is 16.8 Å². The van der Waals surface area contributed by atoms with Crippen molar-refractivity contribution < 1.29 is 33.6 Å². The highest BCUT2D eigenvalue weighted by Crippen LogP contribution is 2.36. The summed E-state index contributed by atoms with van der Waals surface area (Å²) in [7, 11) is 5.80. The average Bonchev–Trinajstić information content (AvgIpc) is 3.08. The van der Waals surface area contributed by atoms with E-state index in [1.165, 1.54) is 40.7 Å². The summed E-state index contributed by atoms with van der Waals surface area (Å²) in [6.45, 7) is 0. The molecule has 172 valence electrons. The van der Waals surface area contributed by atoms with Gasteiger partial charge in [-0.25, -0.2) is 4.79 Å². The molecule has 1 heterocycles. The second kappa shape index (κ2) is 10.4. The zero-order valence-corrected chi connectivity index (χ0v) is 19.8. The van der Waals surface area contributed by atoms with Crippen molar-refractivity contribution in [1.82, 2.24) is 5.01 Å². The average molecular weight is 489 g/mol. The van der Waals surface area contributed by atoms with Crippen molar-refractivity contribution >= 4 is 52.5 Å². The number of methoxy groups -OCH3 is 4. The molecule has 0 saturated carbocycles. The minimum atomic E-state index is -1.23. The summed E-state index contributed by atoms with van der Waals surface area (Å²) in [5.41, 5.74) is 0.787. The van der Waals surface area contributed by atoms with E-state index in [2.05, 4.69) is 5.10 Å². The lowest BCUT2D eigenvalue weighted by molar-refractivity contribution is -0.122. The number of hydrogen-bond donors (Lipinski definition) is 1. The number of carbonyl (C=O) groups is 2. The van der Waals surface area contributed by atoms with E-state index in [-0.39, 0.29) is 26.9 Å². The van der Waals surface area contributed by atoms with Gasteiger partial charge in [-0.15, -0.1) is 0 Å². The topological polar surface area (TPSA) is 107 Å². The van der Waals surface area contributed by atoms with Crippen LogP contribution in [-0.4, -0.2) is 61.0 Å². The van der Waals surface area contributed by atoms with Crippen LogP contribution in [0.2, 0.25) is 0 Å². The molecule has 0 aromatic heterocycles. The van der Waals surface area contributed by atoms with Crippen molar-refractivity contribution in [3.8, 4) is 23.0 Å². The summed E-state index contributed by atoms with van der Waals surface area (Å²) >= 11 is 6.38. The van der Waals surface area contributed by atoms with Crippen molar-refractivity contribution in [3.05, 3.63) is 51.9 Å². The van der Waals surface area contributed by atoms with Crippen LogP contribution in [0.25, 0.3) is 6.08 Å². The molecule has 11 heteroatoms. The Balaban J connectivity index is 1.91. The number of carboxylic acid groups (broad SMARTS) is 1. The number of rotatable bonds is 8. The highest BCUT2D eigenvalue weighted by molar-refractivity contribution is 8.26. The van der Waals surface area contributed by atoms with Gasteiger partial charge < -0.3 is 24.1 Å². The van der Waals surface area contributed by atoms with Crippen LogP contribution < -0.4 is 18.9 Å². The standard InChI is InChI=1S/C22H20N2O7S2/c1-28-14-7-5-12(9-16(14)30-3)10-17-20(25)24(22(32)33-17)23-11-13-6-8-15(29-2)19(31-4)18(13)21(26)27/h5-11H,1-4H3,(H,26,27)/b17-10+,23-11+. The zero-order valence-electron chi connectivity index (χ0n) is 18.1. The monoisotopic (exact) mass is 488 g/mol. The molecule has 1 N–H and O–H groups in total. The van der Waals surface area contributed by atoms with Crippen molar-refractivity contribution in [3.63, 3.8) is 0 Å². The van der Waals surface area contributed by atoms with Gasteiger partial charge in [0.25, 0.3) is 5.91 Å². The minimum Gasteiger partial charge on any atom is -0.493 e. The Morgan fingerprint density at radius 2 is 1.70 bits per heavy atom. The first-order valence-corrected chi connectivity index (χ1v) is 10.6. The molecule has 1 aliphatic rings. The highest BCUT2D eigenvalue weighted by atomic mass is 32.2. The Morgan fingerprint density at radius 1 is 1.03 bits per heavy atom. The number of nitrogens with zero attached hydrogens (tertiary/aromatic N) is 2. The number of ether oxygens (including phenoxy) is 4. The van der Waals surface area contributed by atoms with Gasteiger partial charge in [0.15, 0.2) is 27.3 Å². The number of thiocarbonyl (C=S) groups is 1. The van der Waals surface area contributed by atoms with E-state index in [4.69, 9.17) is 31.2 Å². The second-order valence-electron chi connectivity index (χ2n) is 6.42. The third-order valence-electron chi connectivity index (χ3n) is 4.58. The molecule has 1 amide bonds. The molecule has 0 unspecified atom stereocenters. The van der Waals surface area contributed by atoms with Crippen molar-refractivity contribution in [1.29, 1.82) is 0 Å². The number of thioether (sulfide) groups is 1. The maximum Gasteiger partial charge on any atom is 0.340 e. The quantitative estimate of drug-likeness (QED) is 0.338. The van der Waals surface area contributed by atoms with Gasteiger partial charge in [-0.2, -0.15) is 10.1 Å².